The van der Waals surface area contributed by atoms with Gasteiger partial charge >= 0.3 is 0 Å². The molecule has 0 aromatic heterocycles. The van der Waals surface area contributed by atoms with E-state index in [9.17, 15) is 0 Å². The van der Waals surface area contributed by atoms with Gasteiger partial charge in [-0.05, 0) is 0 Å². The van der Waals surface area contributed by atoms with E-state index in [1.165, 1.54) is 10.8 Å². The molecule has 30 valence electrons. The third-order valence-electron chi connectivity index (χ3n) is 1.70. The lowest BCUT2D eigenvalue weighted by Gasteiger charge is -1.82. The van der Waals surface area contributed by atoms with Crippen molar-refractivity contribution >= 4 is 15.2 Å². The molecule has 0 radical (unpaired) electrons. The highest BCUT2D eigenvalue weighted by molar-refractivity contribution is 8.63. The highest BCUT2D eigenvalue weighted by Crippen LogP contribution is 3.20. The molecule has 0 aliphatic carbocycles. The topological polar surface area (TPSA) is 0 Å². The summed E-state index contributed by atoms with van der Waals surface area (Å²) in [7, 11) is 1.48. The Hall–Kier alpha value is 0.600. The summed E-state index contributed by atoms with van der Waals surface area (Å²) in [5.74, 6) is 0. The van der Waals surface area contributed by atoms with Crippen LogP contribution in [0.1, 0.15) is 0 Å². The Kier molecular flexibility index (Phi) is 0.259. The van der Waals surface area contributed by atoms with E-state index >= 15 is 0 Å². The van der Waals surface area contributed by atoms with Crippen molar-refractivity contribution in [3.63, 3.8) is 0 Å². The summed E-state index contributed by atoms with van der Waals surface area (Å²) in [6.07, 6.45) is 4.89. The van der Waals surface area contributed by atoms with Crippen LogP contribution in [0.15, 0.2) is 12.2 Å². The van der Waals surface area contributed by atoms with Crippen LogP contribution in [0.2, 0.25) is 0 Å². The quantitative estimate of drug-likeness (QED) is 0.334. The summed E-state index contributed by atoms with van der Waals surface area (Å²) in [6, 6.07) is 0. The van der Waals surface area contributed by atoms with Crippen molar-refractivity contribution in [1.82, 2.24) is 0 Å². The zero-order valence-corrected chi connectivity index (χ0v) is 4.99. The summed E-state index contributed by atoms with van der Waals surface area (Å²) in [6.45, 7) is 0. The van der Waals surface area contributed by atoms with Gasteiger partial charge in [-0.15, -0.1) is 0 Å². The predicted molar refractivity (Wildman–Crippen MR) is 30.6 cm³/mol. The maximum atomic E-state index is 2.45. The lowest BCUT2D eigenvalue weighted by atomic mass is 10.6. The van der Waals surface area contributed by atoms with Crippen LogP contribution in [0, 0.1) is 0 Å². The molecule has 0 saturated carbocycles. The zero-order valence-electron chi connectivity index (χ0n) is 3.20. The summed E-state index contributed by atoms with van der Waals surface area (Å²) in [4.78, 5) is 0. The van der Waals surface area contributed by atoms with Crippen molar-refractivity contribution in [2.75, 3.05) is 0 Å². The van der Waals surface area contributed by atoms with Crippen molar-refractivity contribution in [2.24, 2.45) is 0 Å². The second-order valence-corrected chi connectivity index (χ2v) is 9.30. The molecule has 4 heterocycles. The molecule has 0 amide bonds. The van der Waals surface area contributed by atoms with E-state index in [-0.39, 0.29) is 0 Å². The molecule has 2 heteroatoms. The van der Waals surface area contributed by atoms with Gasteiger partial charge in [0.25, 0.3) is 0 Å². The average Bonchev–Trinajstić information content (AvgIpc) is 2.30. The number of hydrogen-bond donors (Lipinski definition) is 0. The van der Waals surface area contributed by atoms with E-state index in [2.05, 4.69) is 12.2 Å². The van der Waals surface area contributed by atoms with E-state index in [1.54, 1.807) is 0 Å². The maximum Gasteiger partial charge on any atom is 0.0269 e. The van der Waals surface area contributed by atoms with Crippen LogP contribution >= 0.6 is 15.2 Å². The molecule has 0 unspecified atom stereocenters. The molecule has 2 bridgehead atoms. The van der Waals surface area contributed by atoms with E-state index in [4.69, 9.17) is 0 Å². The first-order chi connectivity index (χ1) is 2.98. The van der Waals surface area contributed by atoms with E-state index < -0.39 is 0 Å². The van der Waals surface area contributed by atoms with Crippen LogP contribution in [0.5, 0.6) is 0 Å². The first kappa shape index (κ1) is 2.80. The molecule has 0 atom stereocenters. The van der Waals surface area contributed by atoms with Gasteiger partial charge in [0.2, 0.25) is 0 Å². The van der Waals surface area contributed by atoms with Gasteiger partial charge in [-0.3, -0.25) is 0 Å². The van der Waals surface area contributed by atoms with Gasteiger partial charge in [0.15, 0.2) is 0 Å². The van der Waals surface area contributed by atoms with Crippen LogP contribution in [0.4, 0.5) is 0 Å². The fourth-order valence-corrected chi connectivity index (χ4v) is 10.2. The van der Waals surface area contributed by atoms with Crippen LogP contribution in [-0.4, -0.2) is 10.8 Å². The van der Waals surface area contributed by atoms with Gasteiger partial charge in [0, 0.05) is 10.8 Å². The summed E-state index contributed by atoms with van der Waals surface area (Å²) in [5.41, 5.74) is 0. The average molecular weight is 114 g/mol. The van der Waals surface area contributed by atoms with Crippen molar-refractivity contribution < 1.29 is 0 Å². The van der Waals surface area contributed by atoms with Gasteiger partial charge in [-0.25, -0.2) is 0 Å². The molecule has 2 fully saturated rings. The van der Waals surface area contributed by atoms with E-state index in [1.807, 2.05) is 0 Å². The van der Waals surface area contributed by atoms with Crippen LogP contribution in [0.3, 0.4) is 0 Å². The smallest absolute Gasteiger partial charge is 0.0269 e. The maximum absolute atomic E-state index is 2.45. The Morgan fingerprint density at radius 1 is 1.00 bits per heavy atom. The van der Waals surface area contributed by atoms with Crippen molar-refractivity contribution in [1.29, 1.82) is 0 Å². The van der Waals surface area contributed by atoms with Gasteiger partial charge < -0.3 is 0 Å². The third kappa shape index (κ3) is 0.128. The molecule has 0 aromatic carbocycles. The Labute approximate surface area is 39.0 Å². The molecule has 0 nitrogen and oxygen atoms in total. The molecular formula is C4H4P2. The minimum Gasteiger partial charge on any atom is -0.0751 e. The summed E-state index contributed by atoms with van der Waals surface area (Å²) >= 11 is 0. The van der Waals surface area contributed by atoms with Crippen molar-refractivity contribution in [3.8, 4) is 0 Å². The predicted octanol–water partition coefficient (Wildman–Crippen LogP) is 2.11. The lowest BCUT2D eigenvalue weighted by Crippen LogP contribution is -1.71. The third-order valence-corrected chi connectivity index (χ3v) is 10.3. The molecule has 4 aliphatic heterocycles. The summed E-state index contributed by atoms with van der Waals surface area (Å²) in [5, 5.41) is 2.44. The van der Waals surface area contributed by atoms with Crippen molar-refractivity contribution in [2.45, 2.75) is 10.8 Å². The van der Waals surface area contributed by atoms with Crippen LogP contribution in [-0.2, 0) is 0 Å². The Bertz CT molecular complexity index is 116. The first-order valence-corrected chi connectivity index (χ1v) is 5.90. The highest BCUT2D eigenvalue weighted by atomic mass is 32.2. The Balaban J connectivity index is 2.35. The molecule has 4 aliphatic rings. The summed E-state index contributed by atoms with van der Waals surface area (Å²) < 4.78 is 0. The fraction of sp³-hybridized carbons (Fsp3) is 0.500. The number of allylic oxidation sites excluding steroid dienone is 2. The molecule has 0 spiro atoms. The fourth-order valence-electron chi connectivity index (χ4n) is 1.22. The first-order valence-electron chi connectivity index (χ1n) is 2.23. The molecule has 4 rings (SSSR count). The zero-order chi connectivity index (χ0) is 3.72. The monoisotopic (exact) mass is 114 g/mol. The van der Waals surface area contributed by atoms with Gasteiger partial charge in [-0.2, -0.15) is 0 Å². The van der Waals surface area contributed by atoms with E-state index in [0.29, 0.717) is 0 Å². The normalized spacial score (nSPS) is 77.3. The van der Waals surface area contributed by atoms with E-state index in [0.717, 1.165) is 15.2 Å². The second-order valence-electron chi connectivity index (χ2n) is 1.97. The van der Waals surface area contributed by atoms with Gasteiger partial charge in [0.1, 0.15) is 0 Å². The molecule has 0 aromatic rings. The molecule has 0 N–H and O–H groups in total. The number of rotatable bonds is 0. The largest absolute Gasteiger partial charge is 0.0751 e. The SMILES string of the molecule is C1=CC2P3C1P23. The van der Waals surface area contributed by atoms with Gasteiger partial charge in [-0.1, -0.05) is 27.4 Å². The Morgan fingerprint density at radius 3 is 1.67 bits per heavy atom. The van der Waals surface area contributed by atoms with Crippen LogP contribution in [0.25, 0.3) is 0 Å². The standard InChI is InChI=1S/C4H4P2/c1-2-4-5-3(1)6(4)5/h1-4H. The van der Waals surface area contributed by atoms with Crippen molar-refractivity contribution in [3.05, 3.63) is 12.2 Å². The second kappa shape index (κ2) is 0.556. The Morgan fingerprint density at radius 2 is 1.50 bits per heavy atom. The minimum atomic E-state index is 0.739. The number of hydrogen-bond acceptors (Lipinski definition) is 0. The molecule has 6 heavy (non-hydrogen) atoms. The molecular weight excluding hydrogens is 110 g/mol. The minimum absolute atomic E-state index is 0.739. The highest BCUT2D eigenvalue weighted by Gasteiger charge is 2.74. The van der Waals surface area contributed by atoms with Gasteiger partial charge in [0.05, 0.1) is 0 Å². The van der Waals surface area contributed by atoms with Crippen LogP contribution < -0.4 is 0 Å². The molecule has 2 saturated heterocycles. The lowest BCUT2D eigenvalue weighted by molar-refractivity contribution is 1.69.